The van der Waals surface area contributed by atoms with Crippen LogP contribution in [0.4, 0.5) is 0 Å². The van der Waals surface area contributed by atoms with Gasteiger partial charge in [0.05, 0.1) is 25.4 Å². The molecule has 2 aliphatic rings. The molecule has 2 aromatic rings. The van der Waals surface area contributed by atoms with Crippen molar-refractivity contribution in [3.8, 4) is 0 Å². The maximum Gasteiger partial charge on any atom is 0.0931 e. The van der Waals surface area contributed by atoms with Gasteiger partial charge in [-0.2, -0.15) is 0 Å². The maximum atomic E-state index is 5.74. The SMILES string of the molecule is C.CNCCC1OCCc2ccsc21.NCCC1OCCc2ccsc21. The fourth-order valence-electron chi connectivity index (χ4n) is 3.30. The first-order valence-corrected chi connectivity index (χ1v) is 10.8. The lowest BCUT2D eigenvalue weighted by Gasteiger charge is -2.22. The number of nitrogens with one attached hydrogen (secondary N) is 1. The van der Waals surface area contributed by atoms with Crippen molar-refractivity contribution in [1.29, 1.82) is 0 Å². The largest absolute Gasteiger partial charge is 0.372 e. The smallest absolute Gasteiger partial charge is 0.0931 e. The Bertz CT molecular complexity index is 641. The fourth-order valence-corrected chi connectivity index (χ4v) is 5.38. The van der Waals surface area contributed by atoms with E-state index >= 15 is 0 Å². The predicted octanol–water partition coefficient (Wildman–Crippen LogP) is 4.32. The molecule has 2 unspecified atom stereocenters. The van der Waals surface area contributed by atoms with E-state index in [4.69, 9.17) is 15.2 Å². The Balaban J connectivity index is 0.000000180. The van der Waals surface area contributed by atoms with Crippen LogP contribution in [-0.2, 0) is 22.3 Å². The Kier molecular flexibility index (Phi) is 9.25. The minimum Gasteiger partial charge on any atom is -0.372 e. The zero-order valence-corrected chi connectivity index (χ0v) is 16.5. The van der Waals surface area contributed by atoms with Crippen LogP contribution < -0.4 is 11.1 Å². The van der Waals surface area contributed by atoms with Crippen molar-refractivity contribution in [1.82, 2.24) is 5.32 Å². The van der Waals surface area contributed by atoms with Gasteiger partial charge in [0.2, 0.25) is 0 Å². The molecule has 4 nitrogen and oxygen atoms in total. The molecule has 0 spiro atoms. The third kappa shape index (κ3) is 5.38. The molecule has 26 heavy (non-hydrogen) atoms. The summed E-state index contributed by atoms with van der Waals surface area (Å²) < 4.78 is 11.4. The summed E-state index contributed by atoms with van der Waals surface area (Å²) in [5.41, 5.74) is 8.47. The summed E-state index contributed by atoms with van der Waals surface area (Å²) >= 11 is 3.62. The Hall–Kier alpha value is -0.760. The molecule has 0 saturated heterocycles. The van der Waals surface area contributed by atoms with E-state index < -0.39 is 0 Å². The van der Waals surface area contributed by atoms with Crippen LogP contribution in [0.3, 0.4) is 0 Å². The Morgan fingerprint density at radius 3 is 2.04 bits per heavy atom. The molecular weight excluding hydrogens is 364 g/mol. The van der Waals surface area contributed by atoms with Crippen LogP contribution in [0.1, 0.15) is 53.4 Å². The maximum absolute atomic E-state index is 5.74. The van der Waals surface area contributed by atoms with Gasteiger partial charge < -0.3 is 20.5 Å². The first-order valence-electron chi connectivity index (χ1n) is 9.04. The average Bonchev–Trinajstić information content (AvgIpc) is 3.30. The van der Waals surface area contributed by atoms with Crippen LogP contribution >= 0.6 is 22.7 Å². The third-order valence-electron chi connectivity index (χ3n) is 4.61. The summed E-state index contributed by atoms with van der Waals surface area (Å²) in [6.07, 6.45) is 4.82. The van der Waals surface area contributed by atoms with E-state index in [9.17, 15) is 0 Å². The van der Waals surface area contributed by atoms with Gasteiger partial charge in [-0.05, 0) is 79.8 Å². The minimum atomic E-state index is 0. The lowest BCUT2D eigenvalue weighted by Crippen LogP contribution is -2.18. The Labute approximate surface area is 165 Å². The summed E-state index contributed by atoms with van der Waals surface area (Å²) in [4.78, 5) is 2.84. The number of thiophene rings is 2. The zero-order chi connectivity index (χ0) is 17.5. The number of hydrogen-bond acceptors (Lipinski definition) is 6. The molecule has 0 radical (unpaired) electrons. The van der Waals surface area contributed by atoms with Gasteiger partial charge in [0.25, 0.3) is 0 Å². The molecule has 6 heteroatoms. The third-order valence-corrected chi connectivity index (χ3v) is 6.71. The first-order chi connectivity index (χ1) is 12.3. The van der Waals surface area contributed by atoms with Gasteiger partial charge in [0.1, 0.15) is 0 Å². The van der Waals surface area contributed by atoms with Crippen molar-refractivity contribution in [2.75, 3.05) is 33.4 Å². The van der Waals surface area contributed by atoms with Gasteiger partial charge in [-0.25, -0.2) is 0 Å². The molecule has 2 aromatic heterocycles. The van der Waals surface area contributed by atoms with Gasteiger partial charge in [-0.15, -0.1) is 22.7 Å². The van der Waals surface area contributed by atoms with Gasteiger partial charge >= 0.3 is 0 Å². The van der Waals surface area contributed by atoms with Gasteiger partial charge in [-0.1, -0.05) is 7.43 Å². The van der Waals surface area contributed by atoms with Crippen molar-refractivity contribution in [2.45, 2.75) is 45.3 Å². The highest BCUT2D eigenvalue weighted by atomic mass is 32.1. The molecule has 3 N–H and O–H groups in total. The van der Waals surface area contributed by atoms with Crippen LogP contribution in [0.15, 0.2) is 22.9 Å². The average molecular weight is 397 g/mol. The Morgan fingerprint density at radius 1 is 1.00 bits per heavy atom. The quantitative estimate of drug-likeness (QED) is 0.790. The van der Waals surface area contributed by atoms with Crippen LogP contribution in [-0.4, -0.2) is 33.4 Å². The molecule has 0 aliphatic carbocycles. The second-order valence-electron chi connectivity index (χ2n) is 6.31. The molecule has 4 heterocycles. The highest BCUT2D eigenvalue weighted by Gasteiger charge is 2.21. The Morgan fingerprint density at radius 2 is 1.54 bits per heavy atom. The number of ether oxygens (including phenoxy) is 2. The summed E-state index contributed by atoms with van der Waals surface area (Å²) in [7, 11) is 1.98. The molecule has 2 aliphatic heterocycles. The number of fused-ring (bicyclic) bond motifs is 2. The topological polar surface area (TPSA) is 56.5 Å². The molecule has 0 aromatic carbocycles. The van der Waals surface area contributed by atoms with Gasteiger partial charge in [0.15, 0.2) is 0 Å². The number of rotatable bonds is 5. The van der Waals surface area contributed by atoms with Crippen LogP contribution in [0.2, 0.25) is 0 Å². The van der Waals surface area contributed by atoms with Gasteiger partial charge in [0, 0.05) is 9.75 Å². The zero-order valence-electron chi connectivity index (χ0n) is 14.8. The molecule has 0 amide bonds. The van der Waals surface area contributed by atoms with E-state index in [1.165, 1.54) is 20.9 Å². The molecule has 146 valence electrons. The van der Waals surface area contributed by atoms with Crippen LogP contribution in [0.5, 0.6) is 0 Å². The molecular formula is C20H32N2O2S2. The number of hydrogen-bond donors (Lipinski definition) is 2. The van der Waals surface area contributed by atoms with Crippen LogP contribution in [0, 0.1) is 0 Å². The number of nitrogens with two attached hydrogens (primary N) is 1. The standard InChI is InChI=1S/C10H15NOS.C9H13NOS.CH4/c1-11-5-2-9-10-8(3-6-12-9)4-7-13-10;10-4-1-8-9-7(2-5-11-8)3-6-12-9;/h4,7,9,11H,2-3,5-6H2,1H3;3,6,8H,1-2,4-5,10H2;1H4. The predicted molar refractivity (Wildman–Crippen MR) is 112 cm³/mol. The summed E-state index contributed by atoms with van der Waals surface area (Å²) in [6.45, 7) is 3.48. The van der Waals surface area contributed by atoms with Crippen molar-refractivity contribution in [3.05, 3.63) is 43.8 Å². The first kappa shape index (κ1) is 21.5. The van der Waals surface area contributed by atoms with E-state index in [2.05, 4.69) is 28.2 Å². The molecule has 0 fully saturated rings. The lowest BCUT2D eigenvalue weighted by molar-refractivity contribution is 0.0401. The summed E-state index contributed by atoms with van der Waals surface area (Å²) in [5, 5.41) is 7.48. The molecule has 0 bridgehead atoms. The molecule has 2 atom stereocenters. The van der Waals surface area contributed by atoms with Crippen LogP contribution in [0.25, 0.3) is 0 Å². The highest BCUT2D eigenvalue weighted by Crippen LogP contribution is 2.34. The second kappa shape index (κ2) is 11.2. The minimum absolute atomic E-state index is 0. The van der Waals surface area contributed by atoms with E-state index in [1.54, 1.807) is 11.3 Å². The highest BCUT2D eigenvalue weighted by molar-refractivity contribution is 7.10. The molecule has 0 saturated carbocycles. The summed E-state index contributed by atoms with van der Waals surface area (Å²) in [6, 6.07) is 4.43. The monoisotopic (exact) mass is 396 g/mol. The second-order valence-corrected chi connectivity index (χ2v) is 8.20. The normalized spacial score (nSPS) is 21.0. The van der Waals surface area contributed by atoms with Gasteiger partial charge in [-0.3, -0.25) is 0 Å². The van der Waals surface area contributed by atoms with E-state index in [-0.39, 0.29) is 13.5 Å². The van der Waals surface area contributed by atoms with Crippen molar-refractivity contribution < 1.29 is 9.47 Å². The van der Waals surface area contributed by atoms with E-state index in [0.29, 0.717) is 12.6 Å². The van der Waals surface area contributed by atoms with Crippen molar-refractivity contribution >= 4 is 22.7 Å². The van der Waals surface area contributed by atoms with Crippen molar-refractivity contribution in [3.63, 3.8) is 0 Å². The molecule has 4 rings (SSSR count). The van der Waals surface area contributed by atoms with E-state index in [1.807, 2.05) is 18.4 Å². The summed E-state index contributed by atoms with van der Waals surface area (Å²) in [5.74, 6) is 0. The van der Waals surface area contributed by atoms with E-state index in [0.717, 1.165) is 45.4 Å². The lowest BCUT2D eigenvalue weighted by atomic mass is 10.1. The fraction of sp³-hybridized carbons (Fsp3) is 0.600. The van der Waals surface area contributed by atoms with Crippen molar-refractivity contribution in [2.24, 2.45) is 5.73 Å².